The van der Waals surface area contributed by atoms with Gasteiger partial charge in [0, 0.05) is 0 Å². The Labute approximate surface area is 189 Å². The molecule has 186 valence electrons. The SMILES string of the molecule is COC(=O)CN(CC(=O)O)c1nc(N(CC(=O)O)CC(=O)O)nc(N(CC(=O)O)CC(=O)O)n1. The highest BCUT2D eigenvalue weighted by Gasteiger charge is 2.26. The third-order valence-electron chi connectivity index (χ3n) is 3.63. The summed E-state index contributed by atoms with van der Waals surface area (Å²) in [6, 6.07) is 0. The van der Waals surface area contributed by atoms with Crippen molar-refractivity contribution >= 4 is 53.7 Å². The number of anilines is 3. The molecule has 1 aromatic heterocycles. The quantitative estimate of drug-likeness (QED) is 0.153. The van der Waals surface area contributed by atoms with Gasteiger partial charge in [-0.2, -0.15) is 15.0 Å². The number of hydrogen-bond donors (Lipinski definition) is 5. The van der Waals surface area contributed by atoms with Gasteiger partial charge in [-0.15, -0.1) is 0 Å². The van der Waals surface area contributed by atoms with Crippen molar-refractivity contribution in [2.45, 2.75) is 0 Å². The van der Waals surface area contributed by atoms with E-state index < -0.39 is 92.9 Å². The highest BCUT2D eigenvalue weighted by atomic mass is 16.5. The lowest BCUT2D eigenvalue weighted by Gasteiger charge is -2.26. The fourth-order valence-corrected chi connectivity index (χ4v) is 2.40. The molecular weight excluding hydrogens is 468 g/mol. The topological polar surface area (TPSA) is 261 Å². The number of carbonyl (C=O) groups excluding carboxylic acids is 1. The zero-order valence-electron chi connectivity index (χ0n) is 17.5. The maximum absolute atomic E-state index is 11.7. The Morgan fingerprint density at radius 3 is 1.00 bits per heavy atom. The van der Waals surface area contributed by atoms with Crippen LogP contribution in [0.2, 0.25) is 0 Å². The molecule has 5 N–H and O–H groups in total. The van der Waals surface area contributed by atoms with Crippen LogP contribution in [0, 0.1) is 0 Å². The van der Waals surface area contributed by atoms with Gasteiger partial charge in [0.2, 0.25) is 17.8 Å². The second-order valence-corrected chi connectivity index (χ2v) is 6.35. The number of carboxylic acid groups (broad SMARTS) is 5. The van der Waals surface area contributed by atoms with Gasteiger partial charge in [-0.3, -0.25) is 28.8 Å². The first kappa shape index (κ1) is 27.3. The van der Waals surface area contributed by atoms with E-state index in [1.807, 2.05) is 0 Å². The summed E-state index contributed by atoms with van der Waals surface area (Å²) in [5.41, 5.74) is 0. The van der Waals surface area contributed by atoms with Crippen LogP contribution in [-0.4, -0.2) is 123 Å². The molecule has 0 fully saturated rings. The Balaban J connectivity index is 3.75. The van der Waals surface area contributed by atoms with Crippen molar-refractivity contribution in [2.75, 3.05) is 61.1 Å². The molecule has 0 amide bonds. The monoisotopic (exact) mass is 488 g/mol. The number of nitrogens with zero attached hydrogens (tertiary/aromatic N) is 6. The van der Waals surface area contributed by atoms with E-state index in [0.717, 1.165) is 12.0 Å². The van der Waals surface area contributed by atoms with Gasteiger partial charge in [-0.05, 0) is 0 Å². The molecule has 0 aliphatic rings. The van der Waals surface area contributed by atoms with Gasteiger partial charge in [0.05, 0.1) is 7.11 Å². The molecule has 34 heavy (non-hydrogen) atoms. The van der Waals surface area contributed by atoms with Gasteiger partial charge in [0.15, 0.2) is 0 Å². The summed E-state index contributed by atoms with van der Waals surface area (Å²) in [4.78, 5) is 81.3. The minimum Gasteiger partial charge on any atom is -0.480 e. The molecular formula is C16H20N6O12. The Kier molecular flexibility index (Phi) is 9.87. The molecule has 0 atom stereocenters. The van der Waals surface area contributed by atoms with Crippen molar-refractivity contribution in [3.8, 4) is 0 Å². The van der Waals surface area contributed by atoms with E-state index in [1.54, 1.807) is 0 Å². The molecule has 1 rings (SSSR count). The van der Waals surface area contributed by atoms with E-state index >= 15 is 0 Å². The maximum Gasteiger partial charge on any atom is 0.325 e. The molecule has 0 aliphatic carbocycles. The number of esters is 1. The van der Waals surface area contributed by atoms with Crippen molar-refractivity contribution < 1.29 is 59.0 Å². The first-order chi connectivity index (χ1) is 15.8. The molecule has 0 bridgehead atoms. The number of ether oxygens (including phenoxy) is 1. The maximum atomic E-state index is 11.7. The Hall–Kier alpha value is -4.77. The number of rotatable bonds is 15. The van der Waals surface area contributed by atoms with E-state index in [4.69, 9.17) is 25.5 Å². The van der Waals surface area contributed by atoms with Gasteiger partial charge in [-0.25, -0.2) is 0 Å². The highest BCUT2D eigenvalue weighted by Crippen LogP contribution is 2.20. The average Bonchev–Trinajstić information content (AvgIpc) is 2.70. The second kappa shape index (κ2) is 12.3. The molecule has 0 radical (unpaired) electrons. The number of hydrogen-bond acceptors (Lipinski definition) is 13. The van der Waals surface area contributed by atoms with Crippen LogP contribution >= 0.6 is 0 Å². The largest absolute Gasteiger partial charge is 0.480 e. The minimum atomic E-state index is -1.50. The van der Waals surface area contributed by atoms with Crippen LogP contribution in [0.4, 0.5) is 17.8 Å². The summed E-state index contributed by atoms with van der Waals surface area (Å²) in [5, 5.41) is 45.6. The zero-order valence-corrected chi connectivity index (χ0v) is 17.5. The lowest BCUT2D eigenvalue weighted by molar-refractivity contribution is -0.140. The Morgan fingerprint density at radius 1 is 0.559 bits per heavy atom. The van der Waals surface area contributed by atoms with Crippen molar-refractivity contribution in [3.05, 3.63) is 0 Å². The fraction of sp³-hybridized carbons (Fsp3) is 0.438. The van der Waals surface area contributed by atoms with Gasteiger partial charge < -0.3 is 45.0 Å². The van der Waals surface area contributed by atoms with Crippen LogP contribution in [0.3, 0.4) is 0 Å². The van der Waals surface area contributed by atoms with Crippen LogP contribution in [0.5, 0.6) is 0 Å². The normalized spacial score (nSPS) is 10.1. The number of carbonyl (C=O) groups is 6. The van der Waals surface area contributed by atoms with Crippen molar-refractivity contribution in [1.82, 2.24) is 15.0 Å². The van der Waals surface area contributed by atoms with E-state index in [0.29, 0.717) is 9.80 Å². The van der Waals surface area contributed by atoms with Crippen molar-refractivity contribution in [2.24, 2.45) is 0 Å². The summed E-state index contributed by atoms with van der Waals surface area (Å²) in [6.07, 6.45) is 0. The van der Waals surface area contributed by atoms with E-state index in [9.17, 15) is 28.8 Å². The summed E-state index contributed by atoms with van der Waals surface area (Å²) in [7, 11) is 1.01. The molecule has 0 saturated carbocycles. The Bertz CT molecular complexity index is 884. The number of methoxy groups -OCH3 is 1. The highest BCUT2D eigenvalue weighted by molar-refractivity contribution is 5.81. The summed E-state index contributed by atoms with van der Waals surface area (Å²) in [6.45, 7) is -5.45. The first-order valence-corrected chi connectivity index (χ1v) is 8.99. The third-order valence-corrected chi connectivity index (χ3v) is 3.63. The second-order valence-electron chi connectivity index (χ2n) is 6.35. The standard InChI is InChI=1S/C16H20N6O12/c1-34-13(33)7-22(6-12(31)32)16-18-14(20(2-8(23)24)3-9(25)26)17-15(19-16)21(4-10(27)28)5-11(29)30/h2-7H2,1H3,(H,23,24)(H,25,26)(H,27,28)(H,29,30)(H,31,32). The van der Waals surface area contributed by atoms with Crippen molar-refractivity contribution in [3.63, 3.8) is 0 Å². The molecule has 18 heteroatoms. The lowest BCUT2D eigenvalue weighted by Crippen LogP contribution is -2.41. The van der Waals surface area contributed by atoms with Gasteiger partial charge in [0.1, 0.15) is 39.3 Å². The van der Waals surface area contributed by atoms with Crippen LogP contribution in [0.25, 0.3) is 0 Å². The molecule has 18 nitrogen and oxygen atoms in total. The van der Waals surface area contributed by atoms with Gasteiger partial charge in [0.25, 0.3) is 0 Å². The van der Waals surface area contributed by atoms with Gasteiger partial charge in [-0.1, -0.05) is 0 Å². The number of aliphatic carboxylic acids is 5. The summed E-state index contributed by atoms with van der Waals surface area (Å²) in [5.74, 6) is -10.4. The smallest absolute Gasteiger partial charge is 0.325 e. The summed E-state index contributed by atoms with van der Waals surface area (Å²) >= 11 is 0. The lowest BCUT2D eigenvalue weighted by atomic mass is 10.4. The molecule has 0 saturated heterocycles. The first-order valence-electron chi connectivity index (χ1n) is 8.99. The molecule has 0 aliphatic heterocycles. The van der Waals surface area contributed by atoms with E-state index in [-0.39, 0.29) is 0 Å². The van der Waals surface area contributed by atoms with Crippen LogP contribution in [0.1, 0.15) is 0 Å². The minimum absolute atomic E-state index is 0.616. The third kappa shape index (κ3) is 9.16. The Morgan fingerprint density at radius 2 is 0.794 bits per heavy atom. The summed E-state index contributed by atoms with van der Waals surface area (Å²) < 4.78 is 4.47. The van der Waals surface area contributed by atoms with E-state index in [1.165, 1.54) is 0 Å². The van der Waals surface area contributed by atoms with Crippen LogP contribution in [0.15, 0.2) is 0 Å². The molecule has 0 spiro atoms. The molecule has 0 aromatic carbocycles. The molecule has 1 heterocycles. The fourth-order valence-electron chi connectivity index (χ4n) is 2.40. The average molecular weight is 488 g/mol. The zero-order chi connectivity index (χ0) is 26.0. The number of aromatic nitrogens is 3. The molecule has 1 aromatic rings. The molecule has 0 unspecified atom stereocenters. The number of carboxylic acids is 5. The van der Waals surface area contributed by atoms with E-state index in [2.05, 4.69) is 19.7 Å². The predicted octanol–water partition coefficient (Wildman–Crippen LogP) is -3.11. The van der Waals surface area contributed by atoms with Crippen LogP contribution < -0.4 is 14.7 Å². The van der Waals surface area contributed by atoms with Gasteiger partial charge >= 0.3 is 35.8 Å². The van der Waals surface area contributed by atoms with Crippen LogP contribution in [-0.2, 0) is 33.5 Å². The predicted molar refractivity (Wildman–Crippen MR) is 107 cm³/mol. The van der Waals surface area contributed by atoms with Crippen molar-refractivity contribution in [1.29, 1.82) is 0 Å².